The first-order valence-corrected chi connectivity index (χ1v) is 7.41. The summed E-state index contributed by atoms with van der Waals surface area (Å²) in [4.78, 5) is 11.7. The zero-order chi connectivity index (χ0) is 15.8. The Bertz CT molecular complexity index is 628. The van der Waals surface area contributed by atoms with Crippen molar-refractivity contribution >= 4 is 5.91 Å². The molecule has 2 aromatic rings. The molecule has 116 valence electrons. The van der Waals surface area contributed by atoms with E-state index in [-0.39, 0.29) is 18.3 Å². The maximum Gasteiger partial charge on any atom is 0.234 e. The second-order valence-electron chi connectivity index (χ2n) is 5.28. The van der Waals surface area contributed by atoms with Crippen molar-refractivity contribution in [3.05, 3.63) is 71.0 Å². The molecular formula is C18H21FN2O. The van der Waals surface area contributed by atoms with Crippen LogP contribution in [0.5, 0.6) is 0 Å². The van der Waals surface area contributed by atoms with Gasteiger partial charge in [-0.2, -0.15) is 0 Å². The molecule has 1 amide bonds. The third kappa shape index (κ3) is 5.30. The monoisotopic (exact) mass is 300 g/mol. The number of hydrogen-bond donors (Lipinski definition) is 2. The highest BCUT2D eigenvalue weighted by molar-refractivity contribution is 5.77. The van der Waals surface area contributed by atoms with Gasteiger partial charge in [0, 0.05) is 6.54 Å². The Morgan fingerprint density at radius 2 is 1.95 bits per heavy atom. The number of carbonyl (C=O) groups excluding carboxylic acids is 1. The van der Waals surface area contributed by atoms with E-state index in [1.165, 1.54) is 11.6 Å². The van der Waals surface area contributed by atoms with Gasteiger partial charge >= 0.3 is 0 Å². The zero-order valence-electron chi connectivity index (χ0n) is 12.7. The summed E-state index contributed by atoms with van der Waals surface area (Å²) in [5.74, 6) is -0.261. The van der Waals surface area contributed by atoms with Crippen molar-refractivity contribution in [3.8, 4) is 0 Å². The van der Waals surface area contributed by atoms with E-state index in [1.54, 1.807) is 12.1 Å². The number of halogens is 1. The van der Waals surface area contributed by atoms with E-state index >= 15 is 0 Å². The van der Waals surface area contributed by atoms with Crippen molar-refractivity contribution in [2.75, 3.05) is 13.1 Å². The molecular weight excluding hydrogens is 279 g/mol. The quantitative estimate of drug-likeness (QED) is 0.772. The van der Waals surface area contributed by atoms with Gasteiger partial charge in [0.1, 0.15) is 5.82 Å². The first-order valence-electron chi connectivity index (χ1n) is 7.41. The van der Waals surface area contributed by atoms with E-state index in [1.807, 2.05) is 37.3 Å². The SMILES string of the molecule is Cc1cccc(CNC(=O)CNCCc2ccccc2F)c1. The largest absolute Gasteiger partial charge is 0.351 e. The van der Waals surface area contributed by atoms with Crippen LogP contribution in [0.2, 0.25) is 0 Å². The minimum atomic E-state index is -0.201. The van der Waals surface area contributed by atoms with Crippen LogP contribution < -0.4 is 10.6 Å². The summed E-state index contributed by atoms with van der Waals surface area (Å²) in [5, 5.41) is 5.89. The van der Waals surface area contributed by atoms with Gasteiger partial charge in [-0.25, -0.2) is 4.39 Å². The minimum Gasteiger partial charge on any atom is -0.351 e. The van der Waals surface area contributed by atoms with Gasteiger partial charge in [0.25, 0.3) is 0 Å². The lowest BCUT2D eigenvalue weighted by Gasteiger charge is -2.08. The van der Waals surface area contributed by atoms with Gasteiger partial charge in [-0.3, -0.25) is 4.79 Å². The topological polar surface area (TPSA) is 41.1 Å². The number of rotatable bonds is 7. The molecule has 0 radical (unpaired) electrons. The summed E-state index contributed by atoms with van der Waals surface area (Å²) in [6.45, 7) is 3.35. The van der Waals surface area contributed by atoms with E-state index in [4.69, 9.17) is 0 Å². The van der Waals surface area contributed by atoms with Crippen LogP contribution in [0, 0.1) is 12.7 Å². The molecule has 0 aliphatic rings. The molecule has 0 aliphatic carbocycles. The number of carbonyl (C=O) groups is 1. The molecule has 0 saturated carbocycles. The highest BCUT2D eigenvalue weighted by atomic mass is 19.1. The molecule has 0 fully saturated rings. The van der Waals surface area contributed by atoms with Crippen molar-refractivity contribution in [1.29, 1.82) is 0 Å². The summed E-state index contributed by atoms with van der Waals surface area (Å²) >= 11 is 0. The standard InChI is InChI=1S/C18H21FN2O/c1-14-5-4-6-15(11-14)12-21-18(22)13-20-10-9-16-7-2-3-8-17(16)19/h2-8,11,20H,9-10,12-13H2,1H3,(H,21,22). The molecule has 22 heavy (non-hydrogen) atoms. The van der Waals surface area contributed by atoms with Gasteiger partial charge in [-0.1, -0.05) is 48.0 Å². The van der Waals surface area contributed by atoms with E-state index in [0.717, 1.165) is 5.56 Å². The minimum absolute atomic E-state index is 0.0601. The van der Waals surface area contributed by atoms with E-state index in [2.05, 4.69) is 10.6 Å². The Kier molecular flexibility index (Phi) is 6.10. The fourth-order valence-corrected chi connectivity index (χ4v) is 2.21. The van der Waals surface area contributed by atoms with Gasteiger partial charge < -0.3 is 10.6 Å². The lowest BCUT2D eigenvalue weighted by Crippen LogP contribution is -2.34. The molecule has 0 bridgehead atoms. The molecule has 2 N–H and O–H groups in total. The van der Waals surface area contributed by atoms with Crippen molar-refractivity contribution in [1.82, 2.24) is 10.6 Å². The fourth-order valence-electron chi connectivity index (χ4n) is 2.21. The van der Waals surface area contributed by atoms with Crippen LogP contribution in [0.25, 0.3) is 0 Å². The Hall–Kier alpha value is -2.20. The summed E-state index contributed by atoms with van der Waals surface area (Å²) in [6.07, 6.45) is 0.567. The number of amides is 1. The third-order valence-electron chi connectivity index (χ3n) is 3.39. The van der Waals surface area contributed by atoms with Gasteiger partial charge in [-0.05, 0) is 37.1 Å². The third-order valence-corrected chi connectivity index (χ3v) is 3.39. The van der Waals surface area contributed by atoms with Gasteiger partial charge in [0.2, 0.25) is 5.91 Å². The van der Waals surface area contributed by atoms with Gasteiger partial charge in [0.05, 0.1) is 6.54 Å². The predicted octanol–water partition coefficient (Wildman–Crippen LogP) is 2.58. The average molecular weight is 300 g/mol. The maximum atomic E-state index is 13.4. The lowest BCUT2D eigenvalue weighted by molar-refractivity contribution is -0.120. The van der Waals surface area contributed by atoms with Crippen molar-refractivity contribution in [2.45, 2.75) is 19.9 Å². The van der Waals surface area contributed by atoms with Gasteiger partial charge in [0.15, 0.2) is 0 Å². The highest BCUT2D eigenvalue weighted by Gasteiger charge is 2.03. The Balaban J connectivity index is 1.65. The van der Waals surface area contributed by atoms with E-state index in [9.17, 15) is 9.18 Å². The van der Waals surface area contributed by atoms with Crippen LogP contribution in [0.15, 0.2) is 48.5 Å². The lowest BCUT2D eigenvalue weighted by atomic mass is 10.1. The second kappa shape index (κ2) is 8.29. The van der Waals surface area contributed by atoms with Crippen LogP contribution in [-0.4, -0.2) is 19.0 Å². The molecule has 0 aliphatic heterocycles. The molecule has 0 unspecified atom stereocenters. The van der Waals surface area contributed by atoms with E-state index in [0.29, 0.717) is 25.1 Å². The number of aryl methyl sites for hydroxylation is 1. The van der Waals surface area contributed by atoms with Crippen molar-refractivity contribution < 1.29 is 9.18 Å². The summed E-state index contributed by atoms with van der Waals surface area (Å²) in [5.41, 5.74) is 2.92. The molecule has 0 heterocycles. The molecule has 0 saturated heterocycles. The number of hydrogen-bond acceptors (Lipinski definition) is 2. The maximum absolute atomic E-state index is 13.4. The highest BCUT2D eigenvalue weighted by Crippen LogP contribution is 2.06. The van der Waals surface area contributed by atoms with Crippen molar-refractivity contribution in [2.24, 2.45) is 0 Å². The van der Waals surface area contributed by atoms with Crippen LogP contribution in [0.1, 0.15) is 16.7 Å². The first-order chi connectivity index (χ1) is 10.6. The molecule has 0 atom stereocenters. The molecule has 3 nitrogen and oxygen atoms in total. The summed E-state index contributed by atoms with van der Waals surface area (Å²) < 4.78 is 13.4. The molecule has 2 aromatic carbocycles. The second-order valence-corrected chi connectivity index (χ2v) is 5.28. The Morgan fingerprint density at radius 1 is 1.14 bits per heavy atom. The summed E-state index contributed by atoms with van der Waals surface area (Å²) in [7, 11) is 0. The fraction of sp³-hybridized carbons (Fsp3) is 0.278. The van der Waals surface area contributed by atoms with Crippen LogP contribution >= 0.6 is 0 Å². The normalized spacial score (nSPS) is 10.5. The Labute approximate surface area is 130 Å². The van der Waals surface area contributed by atoms with Gasteiger partial charge in [-0.15, -0.1) is 0 Å². The number of benzene rings is 2. The molecule has 0 spiro atoms. The van der Waals surface area contributed by atoms with E-state index < -0.39 is 0 Å². The smallest absolute Gasteiger partial charge is 0.234 e. The Morgan fingerprint density at radius 3 is 2.73 bits per heavy atom. The van der Waals surface area contributed by atoms with Crippen LogP contribution in [0.3, 0.4) is 0 Å². The number of nitrogens with one attached hydrogen (secondary N) is 2. The van der Waals surface area contributed by atoms with Crippen LogP contribution in [0.4, 0.5) is 4.39 Å². The molecule has 0 aromatic heterocycles. The zero-order valence-corrected chi connectivity index (χ0v) is 12.7. The average Bonchev–Trinajstić information content (AvgIpc) is 2.51. The summed E-state index contributed by atoms with van der Waals surface area (Å²) in [6, 6.07) is 14.7. The molecule has 2 rings (SSSR count). The van der Waals surface area contributed by atoms with Crippen molar-refractivity contribution in [3.63, 3.8) is 0 Å². The predicted molar refractivity (Wildman–Crippen MR) is 86.0 cm³/mol. The first kappa shape index (κ1) is 16.2. The molecule has 4 heteroatoms. The van der Waals surface area contributed by atoms with Crippen LogP contribution in [-0.2, 0) is 17.8 Å².